The van der Waals surface area contributed by atoms with Crippen LogP contribution in [0, 0.1) is 0 Å². The Morgan fingerprint density at radius 1 is 1.20 bits per heavy atom. The number of rotatable bonds is 9. The zero-order chi connectivity index (χ0) is 14.8. The van der Waals surface area contributed by atoms with Gasteiger partial charge in [-0.3, -0.25) is 4.79 Å². The van der Waals surface area contributed by atoms with Crippen molar-refractivity contribution in [2.75, 3.05) is 11.9 Å². The molecule has 0 aliphatic rings. The third kappa shape index (κ3) is 7.65. The molecule has 20 heavy (non-hydrogen) atoms. The lowest BCUT2D eigenvalue weighted by molar-refractivity contribution is -0.115. The maximum absolute atomic E-state index is 11.8. The molecule has 0 saturated heterocycles. The molecular formula is C16H25BrN2O. The van der Waals surface area contributed by atoms with E-state index in [4.69, 9.17) is 0 Å². The Balaban J connectivity index is 2.17. The molecule has 0 fully saturated rings. The van der Waals surface area contributed by atoms with Crippen molar-refractivity contribution in [3.8, 4) is 0 Å². The minimum absolute atomic E-state index is 0.00716. The van der Waals surface area contributed by atoms with Crippen molar-refractivity contribution in [2.45, 2.75) is 52.0 Å². The van der Waals surface area contributed by atoms with Gasteiger partial charge < -0.3 is 10.6 Å². The molecule has 112 valence electrons. The number of unbranched alkanes of at least 4 members (excludes halogenated alkanes) is 3. The molecule has 1 unspecified atom stereocenters. The first-order chi connectivity index (χ1) is 9.61. The Bertz CT molecular complexity index is 392. The van der Waals surface area contributed by atoms with E-state index < -0.39 is 0 Å². The van der Waals surface area contributed by atoms with Gasteiger partial charge in [0.1, 0.15) is 0 Å². The first-order valence-corrected chi connectivity index (χ1v) is 8.20. The van der Waals surface area contributed by atoms with Crippen LogP contribution in [0.15, 0.2) is 28.7 Å². The number of amides is 1. The number of anilines is 1. The summed E-state index contributed by atoms with van der Waals surface area (Å²) in [5, 5.41) is 6.15. The van der Waals surface area contributed by atoms with Gasteiger partial charge in [-0.25, -0.2) is 0 Å². The summed E-state index contributed by atoms with van der Waals surface area (Å²) >= 11 is 3.37. The molecule has 0 aromatic heterocycles. The second-order valence-corrected chi connectivity index (χ2v) is 6.10. The van der Waals surface area contributed by atoms with Crippen molar-refractivity contribution >= 4 is 27.5 Å². The summed E-state index contributed by atoms with van der Waals surface area (Å²) in [7, 11) is 0. The lowest BCUT2D eigenvalue weighted by Gasteiger charge is -2.13. The van der Waals surface area contributed by atoms with Gasteiger partial charge in [0.2, 0.25) is 5.91 Å². The van der Waals surface area contributed by atoms with E-state index in [9.17, 15) is 4.79 Å². The standard InChI is InChI=1S/C16H25BrN2O/c1-3-4-5-6-7-13(2)18-12-16(20)19-15-10-8-14(17)9-11-15/h8-11,13,18H,3-7,12H2,1-2H3,(H,19,20). The molecule has 2 N–H and O–H groups in total. The lowest BCUT2D eigenvalue weighted by Crippen LogP contribution is -2.34. The monoisotopic (exact) mass is 340 g/mol. The van der Waals surface area contributed by atoms with E-state index in [1.54, 1.807) is 0 Å². The van der Waals surface area contributed by atoms with Crippen LogP contribution in [0.4, 0.5) is 5.69 Å². The summed E-state index contributed by atoms with van der Waals surface area (Å²) in [6, 6.07) is 7.99. The van der Waals surface area contributed by atoms with Gasteiger partial charge in [0, 0.05) is 16.2 Å². The van der Waals surface area contributed by atoms with Gasteiger partial charge in [-0.15, -0.1) is 0 Å². The summed E-state index contributed by atoms with van der Waals surface area (Å²) in [6.07, 6.45) is 6.21. The molecule has 1 atom stereocenters. The van der Waals surface area contributed by atoms with Crippen LogP contribution in [-0.4, -0.2) is 18.5 Å². The fourth-order valence-corrected chi connectivity index (χ4v) is 2.25. The van der Waals surface area contributed by atoms with Gasteiger partial charge >= 0.3 is 0 Å². The average molecular weight is 341 g/mol. The predicted octanol–water partition coefficient (Wildman–Crippen LogP) is 4.34. The van der Waals surface area contributed by atoms with Crippen LogP contribution < -0.4 is 10.6 Å². The topological polar surface area (TPSA) is 41.1 Å². The van der Waals surface area contributed by atoms with Crippen LogP contribution in [0.2, 0.25) is 0 Å². The highest BCUT2D eigenvalue weighted by atomic mass is 79.9. The van der Waals surface area contributed by atoms with Crippen molar-refractivity contribution in [3.05, 3.63) is 28.7 Å². The molecule has 1 aromatic carbocycles. The summed E-state index contributed by atoms with van der Waals surface area (Å²) in [5.74, 6) is 0.00716. The van der Waals surface area contributed by atoms with E-state index in [2.05, 4.69) is 40.4 Å². The van der Waals surface area contributed by atoms with Gasteiger partial charge in [0.05, 0.1) is 6.54 Å². The Morgan fingerprint density at radius 3 is 2.55 bits per heavy atom. The van der Waals surface area contributed by atoms with E-state index in [1.807, 2.05) is 24.3 Å². The van der Waals surface area contributed by atoms with Gasteiger partial charge in [0.25, 0.3) is 0 Å². The molecule has 0 radical (unpaired) electrons. The number of hydrogen-bond donors (Lipinski definition) is 2. The van der Waals surface area contributed by atoms with Crippen molar-refractivity contribution in [3.63, 3.8) is 0 Å². The molecular weight excluding hydrogens is 316 g/mol. The number of benzene rings is 1. The zero-order valence-corrected chi connectivity index (χ0v) is 14.0. The number of halogens is 1. The molecule has 1 aromatic rings. The Labute approximate surface area is 130 Å². The fourth-order valence-electron chi connectivity index (χ4n) is 1.98. The highest BCUT2D eigenvalue weighted by Crippen LogP contribution is 2.13. The highest BCUT2D eigenvalue weighted by Gasteiger charge is 2.05. The molecule has 0 bridgehead atoms. The van der Waals surface area contributed by atoms with Crippen molar-refractivity contribution in [1.82, 2.24) is 5.32 Å². The van der Waals surface area contributed by atoms with E-state index in [0.29, 0.717) is 12.6 Å². The molecule has 0 heterocycles. The third-order valence-electron chi connectivity index (χ3n) is 3.23. The zero-order valence-electron chi connectivity index (χ0n) is 12.4. The van der Waals surface area contributed by atoms with Gasteiger partial charge in [-0.1, -0.05) is 48.5 Å². The SMILES string of the molecule is CCCCCCC(C)NCC(=O)Nc1ccc(Br)cc1. The Morgan fingerprint density at radius 2 is 1.90 bits per heavy atom. The van der Waals surface area contributed by atoms with Crippen LogP contribution in [-0.2, 0) is 4.79 Å². The van der Waals surface area contributed by atoms with E-state index >= 15 is 0 Å². The van der Waals surface area contributed by atoms with Crippen LogP contribution in [0.1, 0.15) is 46.0 Å². The Hall–Kier alpha value is -0.870. The van der Waals surface area contributed by atoms with Gasteiger partial charge in [-0.05, 0) is 37.6 Å². The molecule has 3 nitrogen and oxygen atoms in total. The number of hydrogen-bond acceptors (Lipinski definition) is 2. The normalized spacial score (nSPS) is 12.2. The molecule has 0 aliphatic carbocycles. The fraction of sp³-hybridized carbons (Fsp3) is 0.562. The molecule has 0 saturated carbocycles. The second-order valence-electron chi connectivity index (χ2n) is 5.19. The molecule has 0 spiro atoms. The summed E-state index contributed by atoms with van der Waals surface area (Å²) < 4.78 is 1.01. The molecule has 0 aliphatic heterocycles. The summed E-state index contributed by atoms with van der Waals surface area (Å²) in [5.41, 5.74) is 0.829. The first kappa shape index (κ1) is 17.2. The van der Waals surface area contributed by atoms with E-state index in [-0.39, 0.29) is 5.91 Å². The molecule has 1 amide bonds. The summed E-state index contributed by atoms with van der Waals surface area (Å²) in [4.78, 5) is 11.8. The van der Waals surface area contributed by atoms with Gasteiger partial charge in [0.15, 0.2) is 0 Å². The Kier molecular flexibility index (Phi) is 8.54. The smallest absolute Gasteiger partial charge is 0.238 e. The molecule has 1 rings (SSSR count). The van der Waals surface area contributed by atoms with Gasteiger partial charge in [-0.2, -0.15) is 0 Å². The van der Waals surface area contributed by atoms with Crippen molar-refractivity contribution in [2.24, 2.45) is 0 Å². The first-order valence-electron chi connectivity index (χ1n) is 7.40. The number of carbonyl (C=O) groups is 1. The second kappa shape index (κ2) is 9.94. The number of carbonyl (C=O) groups excluding carboxylic acids is 1. The van der Waals surface area contributed by atoms with Crippen molar-refractivity contribution < 1.29 is 4.79 Å². The van der Waals surface area contributed by atoms with E-state index in [0.717, 1.165) is 16.6 Å². The third-order valence-corrected chi connectivity index (χ3v) is 3.76. The minimum atomic E-state index is 0.00716. The summed E-state index contributed by atoms with van der Waals surface area (Å²) in [6.45, 7) is 4.72. The van der Waals surface area contributed by atoms with Crippen LogP contribution >= 0.6 is 15.9 Å². The quantitative estimate of drug-likeness (QED) is 0.656. The lowest BCUT2D eigenvalue weighted by atomic mass is 10.1. The van der Waals surface area contributed by atoms with Crippen LogP contribution in [0.5, 0.6) is 0 Å². The van der Waals surface area contributed by atoms with Crippen LogP contribution in [0.25, 0.3) is 0 Å². The van der Waals surface area contributed by atoms with Crippen molar-refractivity contribution in [1.29, 1.82) is 0 Å². The maximum atomic E-state index is 11.8. The largest absolute Gasteiger partial charge is 0.325 e. The predicted molar refractivity (Wildman–Crippen MR) is 89.0 cm³/mol. The van der Waals surface area contributed by atoms with E-state index in [1.165, 1.54) is 25.7 Å². The molecule has 4 heteroatoms. The number of nitrogens with one attached hydrogen (secondary N) is 2. The highest BCUT2D eigenvalue weighted by molar-refractivity contribution is 9.10. The average Bonchev–Trinajstić information content (AvgIpc) is 2.44. The minimum Gasteiger partial charge on any atom is -0.325 e. The maximum Gasteiger partial charge on any atom is 0.238 e. The van der Waals surface area contributed by atoms with Crippen LogP contribution in [0.3, 0.4) is 0 Å².